The zero-order chi connectivity index (χ0) is 15.8. The molecule has 132 valence electrons. The van der Waals surface area contributed by atoms with E-state index in [1.807, 2.05) is 18.5 Å². The molecular formula is C16H31IN6. The number of aryl methyl sites for hydroxylation is 1. The quantitative estimate of drug-likeness (QED) is 0.300. The zero-order valence-electron chi connectivity index (χ0n) is 14.6. The van der Waals surface area contributed by atoms with Gasteiger partial charge in [0.05, 0.1) is 6.54 Å². The van der Waals surface area contributed by atoms with Gasteiger partial charge in [0.25, 0.3) is 0 Å². The molecule has 1 aliphatic carbocycles. The Kier molecular flexibility index (Phi) is 9.50. The van der Waals surface area contributed by atoms with E-state index >= 15 is 0 Å². The van der Waals surface area contributed by atoms with Crippen molar-refractivity contribution in [3.8, 4) is 0 Å². The molecule has 7 heteroatoms. The summed E-state index contributed by atoms with van der Waals surface area (Å²) in [5.74, 6) is 3.67. The third kappa shape index (κ3) is 6.64. The summed E-state index contributed by atoms with van der Waals surface area (Å²) in [7, 11) is 3.78. The van der Waals surface area contributed by atoms with Crippen LogP contribution in [-0.4, -0.2) is 34.3 Å². The molecule has 0 unspecified atom stereocenters. The second kappa shape index (κ2) is 10.8. The van der Waals surface area contributed by atoms with Crippen molar-refractivity contribution in [3.63, 3.8) is 0 Å². The number of hydrogen-bond donors (Lipinski definition) is 2. The van der Waals surface area contributed by atoms with Crippen LogP contribution in [-0.2, 0) is 13.6 Å². The second-order valence-corrected chi connectivity index (χ2v) is 6.22. The van der Waals surface area contributed by atoms with Crippen LogP contribution in [0.15, 0.2) is 4.99 Å². The third-order valence-corrected chi connectivity index (χ3v) is 4.63. The van der Waals surface area contributed by atoms with E-state index < -0.39 is 0 Å². The van der Waals surface area contributed by atoms with Crippen molar-refractivity contribution in [2.45, 2.75) is 58.4 Å². The van der Waals surface area contributed by atoms with Crippen molar-refractivity contribution >= 4 is 29.9 Å². The lowest BCUT2D eigenvalue weighted by Crippen LogP contribution is -2.37. The minimum absolute atomic E-state index is 0. The molecule has 1 aromatic rings. The zero-order valence-corrected chi connectivity index (χ0v) is 17.0. The monoisotopic (exact) mass is 434 g/mol. The van der Waals surface area contributed by atoms with Gasteiger partial charge in [-0.15, -0.1) is 34.2 Å². The van der Waals surface area contributed by atoms with Crippen LogP contribution < -0.4 is 10.6 Å². The molecule has 1 aromatic heterocycles. The number of hydrogen-bond acceptors (Lipinski definition) is 3. The lowest BCUT2D eigenvalue weighted by Gasteiger charge is -2.12. The standard InChI is InChI=1S/C16H30N6.HI/c1-13-20-21-15(22(13)3)12-19-16(17-2)18-11-7-6-10-14-8-4-5-9-14;/h14H,4-12H2,1-3H3,(H2,17,18,19);1H. The molecule has 1 aliphatic rings. The average Bonchev–Trinajstić information content (AvgIpc) is 3.14. The molecule has 0 bridgehead atoms. The fourth-order valence-corrected chi connectivity index (χ4v) is 3.05. The molecule has 2 rings (SSSR count). The summed E-state index contributed by atoms with van der Waals surface area (Å²) in [6, 6.07) is 0. The highest BCUT2D eigenvalue weighted by molar-refractivity contribution is 14.0. The maximum Gasteiger partial charge on any atom is 0.191 e. The second-order valence-electron chi connectivity index (χ2n) is 6.22. The largest absolute Gasteiger partial charge is 0.356 e. The molecule has 2 N–H and O–H groups in total. The van der Waals surface area contributed by atoms with Crippen LogP contribution >= 0.6 is 24.0 Å². The number of rotatable bonds is 7. The highest BCUT2D eigenvalue weighted by Crippen LogP contribution is 2.28. The maximum absolute atomic E-state index is 4.25. The number of aromatic nitrogens is 3. The first-order valence-corrected chi connectivity index (χ1v) is 8.50. The molecule has 1 heterocycles. The number of nitrogens with one attached hydrogen (secondary N) is 2. The first-order valence-electron chi connectivity index (χ1n) is 8.50. The summed E-state index contributed by atoms with van der Waals surface area (Å²) in [5, 5.41) is 14.9. The Morgan fingerprint density at radius 3 is 2.57 bits per heavy atom. The van der Waals surface area contributed by atoms with Crippen LogP contribution in [0.25, 0.3) is 0 Å². The van der Waals surface area contributed by atoms with Crippen molar-refractivity contribution in [1.82, 2.24) is 25.4 Å². The van der Waals surface area contributed by atoms with E-state index in [-0.39, 0.29) is 24.0 Å². The van der Waals surface area contributed by atoms with E-state index in [9.17, 15) is 0 Å². The molecule has 0 saturated heterocycles. The minimum atomic E-state index is 0. The van der Waals surface area contributed by atoms with E-state index in [0.717, 1.165) is 30.1 Å². The predicted octanol–water partition coefficient (Wildman–Crippen LogP) is 2.77. The number of nitrogens with zero attached hydrogens (tertiary/aromatic N) is 4. The summed E-state index contributed by atoms with van der Waals surface area (Å²) in [5.41, 5.74) is 0. The van der Waals surface area contributed by atoms with Crippen molar-refractivity contribution in [2.75, 3.05) is 13.6 Å². The fraction of sp³-hybridized carbons (Fsp3) is 0.812. The molecule has 0 atom stereocenters. The Bertz CT molecular complexity index is 479. The van der Waals surface area contributed by atoms with Crippen molar-refractivity contribution in [3.05, 3.63) is 11.6 Å². The topological polar surface area (TPSA) is 67.1 Å². The Morgan fingerprint density at radius 2 is 1.96 bits per heavy atom. The normalized spacial score (nSPS) is 15.5. The van der Waals surface area contributed by atoms with Crippen LogP contribution in [0, 0.1) is 12.8 Å². The van der Waals surface area contributed by atoms with Crippen LogP contribution in [0.3, 0.4) is 0 Å². The summed E-state index contributed by atoms with van der Waals surface area (Å²) < 4.78 is 1.99. The average molecular weight is 434 g/mol. The molecule has 23 heavy (non-hydrogen) atoms. The number of halogens is 1. The van der Waals surface area contributed by atoms with Crippen LogP contribution in [0.5, 0.6) is 0 Å². The van der Waals surface area contributed by atoms with Gasteiger partial charge in [0.2, 0.25) is 0 Å². The van der Waals surface area contributed by atoms with E-state index in [2.05, 4.69) is 25.8 Å². The van der Waals surface area contributed by atoms with Gasteiger partial charge in [-0.1, -0.05) is 38.5 Å². The molecule has 0 spiro atoms. The van der Waals surface area contributed by atoms with Crippen LogP contribution in [0.1, 0.15) is 56.6 Å². The van der Waals surface area contributed by atoms with E-state index in [4.69, 9.17) is 0 Å². The fourth-order valence-electron chi connectivity index (χ4n) is 3.05. The molecular weight excluding hydrogens is 403 g/mol. The van der Waals surface area contributed by atoms with Crippen molar-refractivity contribution in [1.29, 1.82) is 0 Å². The highest BCUT2D eigenvalue weighted by atomic mass is 127. The van der Waals surface area contributed by atoms with E-state index in [1.165, 1.54) is 44.9 Å². The predicted molar refractivity (Wildman–Crippen MR) is 105 cm³/mol. The van der Waals surface area contributed by atoms with Crippen LogP contribution in [0.4, 0.5) is 0 Å². The van der Waals surface area contributed by atoms with Gasteiger partial charge in [0.15, 0.2) is 11.8 Å². The molecule has 1 saturated carbocycles. The molecule has 6 nitrogen and oxygen atoms in total. The van der Waals surface area contributed by atoms with Gasteiger partial charge < -0.3 is 15.2 Å². The highest BCUT2D eigenvalue weighted by Gasteiger charge is 2.13. The SMILES string of the molecule is CN=C(NCCCCC1CCCC1)NCc1nnc(C)n1C.I. The molecule has 0 radical (unpaired) electrons. The van der Waals surface area contributed by atoms with Crippen molar-refractivity contribution in [2.24, 2.45) is 18.0 Å². The molecule has 0 aliphatic heterocycles. The van der Waals surface area contributed by atoms with Gasteiger partial charge >= 0.3 is 0 Å². The van der Waals surface area contributed by atoms with Crippen LogP contribution in [0.2, 0.25) is 0 Å². The molecule has 1 fully saturated rings. The lowest BCUT2D eigenvalue weighted by atomic mass is 10.0. The third-order valence-electron chi connectivity index (χ3n) is 4.63. The van der Waals surface area contributed by atoms with E-state index in [0.29, 0.717) is 6.54 Å². The minimum Gasteiger partial charge on any atom is -0.356 e. The Hall–Kier alpha value is -0.860. The van der Waals surface area contributed by atoms with Gasteiger partial charge in [-0.25, -0.2) is 0 Å². The number of unbranched alkanes of at least 4 members (excludes halogenated alkanes) is 1. The van der Waals surface area contributed by atoms with E-state index in [1.54, 1.807) is 7.05 Å². The summed E-state index contributed by atoms with van der Waals surface area (Å²) in [4.78, 5) is 4.25. The van der Waals surface area contributed by atoms with Gasteiger partial charge in [-0.05, 0) is 19.3 Å². The summed E-state index contributed by atoms with van der Waals surface area (Å²) in [6.07, 6.45) is 9.72. The summed E-state index contributed by atoms with van der Waals surface area (Å²) in [6.45, 7) is 3.57. The first-order chi connectivity index (χ1) is 10.7. The molecule has 0 aromatic carbocycles. The van der Waals surface area contributed by atoms with Gasteiger partial charge in [0.1, 0.15) is 5.82 Å². The molecule has 0 amide bonds. The van der Waals surface area contributed by atoms with Gasteiger partial charge in [0, 0.05) is 20.6 Å². The summed E-state index contributed by atoms with van der Waals surface area (Å²) >= 11 is 0. The number of guanidine groups is 1. The Labute approximate surface area is 157 Å². The van der Waals surface area contributed by atoms with Gasteiger partial charge in [-0.3, -0.25) is 4.99 Å². The first kappa shape index (κ1) is 20.2. The number of aliphatic imine (C=N–C) groups is 1. The Morgan fingerprint density at radius 1 is 1.22 bits per heavy atom. The van der Waals surface area contributed by atoms with Gasteiger partial charge in [-0.2, -0.15) is 0 Å². The Balaban J connectivity index is 0.00000264. The van der Waals surface area contributed by atoms with Crippen molar-refractivity contribution < 1.29 is 0 Å². The smallest absolute Gasteiger partial charge is 0.191 e. The maximum atomic E-state index is 4.25. The lowest BCUT2D eigenvalue weighted by molar-refractivity contribution is 0.472.